The molecule has 0 atom stereocenters. The Balaban J connectivity index is 0.00000131. The van der Waals surface area contributed by atoms with Gasteiger partial charge in [0.2, 0.25) is 17.6 Å². The van der Waals surface area contributed by atoms with Crippen molar-refractivity contribution < 1.29 is 9.32 Å². The van der Waals surface area contributed by atoms with E-state index >= 15 is 0 Å². The van der Waals surface area contributed by atoms with Gasteiger partial charge in [0.1, 0.15) is 5.69 Å². The fourth-order valence-electron chi connectivity index (χ4n) is 3.19. The van der Waals surface area contributed by atoms with Gasteiger partial charge in [0, 0.05) is 25.2 Å². The molecule has 27 heavy (non-hydrogen) atoms. The highest BCUT2D eigenvalue weighted by molar-refractivity contribution is 5.85. The molecular weight excluding hydrogens is 389 g/mol. The molecule has 1 N–H and O–H groups in total. The van der Waals surface area contributed by atoms with Crippen LogP contribution in [0.25, 0.3) is 11.5 Å². The van der Waals surface area contributed by atoms with Crippen LogP contribution in [-0.4, -0.2) is 52.1 Å². The van der Waals surface area contributed by atoms with Gasteiger partial charge >= 0.3 is 0 Å². The molecule has 1 saturated carbocycles. The number of carbonyl (C=O) groups excluding carboxylic acids is 1. The molecule has 1 aliphatic heterocycles. The molecule has 4 rings (SSSR count). The first kappa shape index (κ1) is 21.6. The van der Waals surface area contributed by atoms with Crippen molar-refractivity contribution in [2.45, 2.75) is 31.6 Å². The smallest absolute Gasteiger partial charge is 0.236 e. The third-order valence-electron chi connectivity index (χ3n) is 4.94. The largest absolute Gasteiger partial charge is 0.342 e. The minimum absolute atomic E-state index is 0. The van der Waals surface area contributed by atoms with Crippen molar-refractivity contribution in [2.75, 3.05) is 26.2 Å². The minimum Gasteiger partial charge on any atom is -0.342 e. The molecule has 1 saturated heterocycles. The van der Waals surface area contributed by atoms with Crippen LogP contribution in [0.1, 0.15) is 37.5 Å². The monoisotopic (exact) mass is 413 g/mol. The second-order valence-corrected chi connectivity index (χ2v) is 6.90. The summed E-state index contributed by atoms with van der Waals surface area (Å²) in [6, 6.07) is 5.63. The first-order valence-electron chi connectivity index (χ1n) is 9.03. The lowest BCUT2D eigenvalue weighted by molar-refractivity contribution is -0.131. The van der Waals surface area contributed by atoms with E-state index in [-0.39, 0.29) is 36.6 Å². The van der Waals surface area contributed by atoms with Gasteiger partial charge in [0.05, 0.1) is 6.54 Å². The third-order valence-corrected chi connectivity index (χ3v) is 4.94. The highest BCUT2D eigenvalue weighted by Crippen LogP contribution is 2.29. The molecule has 2 aromatic rings. The lowest BCUT2D eigenvalue weighted by Gasteiger charge is -2.30. The van der Waals surface area contributed by atoms with Gasteiger partial charge in [-0.1, -0.05) is 11.2 Å². The lowest BCUT2D eigenvalue weighted by Crippen LogP contribution is -2.42. The van der Waals surface area contributed by atoms with Gasteiger partial charge in [-0.05, 0) is 50.3 Å². The standard InChI is InChI=1S/C18H23N5O2.2ClH/c24-16(12-19-11-13-4-5-13)23-9-6-14(7-10-23)18-21-17(22-25-18)15-3-1-2-8-20-15;;/h1-3,8,13-14,19H,4-7,9-12H2;2*1H. The maximum absolute atomic E-state index is 12.2. The van der Waals surface area contributed by atoms with Crippen molar-refractivity contribution in [1.82, 2.24) is 25.3 Å². The Kier molecular flexibility index (Phi) is 8.01. The number of rotatable bonds is 6. The molecule has 0 radical (unpaired) electrons. The molecule has 0 aromatic carbocycles. The van der Waals surface area contributed by atoms with E-state index in [0.717, 1.165) is 38.4 Å². The Bertz CT molecular complexity index is 716. The van der Waals surface area contributed by atoms with Gasteiger partial charge in [-0.15, -0.1) is 24.8 Å². The predicted octanol–water partition coefficient (Wildman–Crippen LogP) is 2.68. The molecule has 9 heteroatoms. The molecule has 3 heterocycles. The van der Waals surface area contributed by atoms with Crippen LogP contribution in [0.2, 0.25) is 0 Å². The summed E-state index contributed by atoms with van der Waals surface area (Å²) in [4.78, 5) is 22.9. The van der Waals surface area contributed by atoms with E-state index in [1.807, 2.05) is 23.1 Å². The van der Waals surface area contributed by atoms with Crippen LogP contribution in [0, 0.1) is 5.92 Å². The Hall–Kier alpha value is -1.70. The van der Waals surface area contributed by atoms with Crippen molar-refractivity contribution in [2.24, 2.45) is 5.92 Å². The van der Waals surface area contributed by atoms with Gasteiger partial charge < -0.3 is 14.7 Å². The third kappa shape index (κ3) is 5.64. The quantitative estimate of drug-likeness (QED) is 0.783. The van der Waals surface area contributed by atoms with E-state index < -0.39 is 0 Å². The summed E-state index contributed by atoms with van der Waals surface area (Å²) >= 11 is 0. The van der Waals surface area contributed by atoms with Gasteiger partial charge in [-0.3, -0.25) is 9.78 Å². The molecule has 0 bridgehead atoms. The fraction of sp³-hybridized carbons (Fsp3) is 0.556. The van der Waals surface area contributed by atoms with E-state index in [4.69, 9.17) is 4.52 Å². The molecule has 0 unspecified atom stereocenters. The predicted molar refractivity (Wildman–Crippen MR) is 106 cm³/mol. The number of piperidine rings is 1. The van der Waals surface area contributed by atoms with E-state index in [0.29, 0.717) is 24.0 Å². The molecule has 2 aliphatic rings. The zero-order valence-electron chi connectivity index (χ0n) is 15.0. The van der Waals surface area contributed by atoms with Crippen molar-refractivity contribution in [3.05, 3.63) is 30.3 Å². The van der Waals surface area contributed by atoms with Crippen LogP contribution in [-0.2, 0) is 4.79 Å². The van der Waals surface area contributed by atoms with Crippen LogP contribution in [0.3, 0.4) is 0 Å². The molecule has 7 nitrogen and oxygen atoms in total. The summed E-state index contributed by atoms with van der Waals surface area (Å²) in [6.45, 7) is 2.91. The van der Waals surface area contributed by atoms with E-state index in [9.17, 15) is 4.79 Å². The van der Waals surface area contributed by atoms with Crippen LogP contribution in [0.4, 0.5) is 0 Å². The van der Waals surface area contributed by atoms with Crippen molar-refractivity contribution >= 4 is 30.7 Å². The average Bonchev–Trinajstić information content (AvgIpc) is 3.35. The van der Waals surface area contributed by atoms with Crippen molar-refractivity contribution in [3.8, 4) is 11.5 Å². The Morgan fingerprint density at radius 3 is 2.63 bits per heavy atom. The Morgan fingerprint density at radius 2 is 1.96 bits per heavy atom. The van der Waals surface area contributed by atoms with Crippen LogP contribution in [0.5, 0.6) is 0 Å². The van der Waals surface area contributed by atoms with Gasteiger partial charge in [0.25, 0.3) is 0 Å². The molecule has 148 valence electrons. The number of aromatic nitrogens is 3. The van der Waals surface area contributed by atoms with Crippen molar-refractivity contribution in [1.29, 1.82) is 0 Å². The highest BCUT2D eigenvalue weighted by atomic mass is 35.5. The van der Waals surface area contributed by atoms with Crippen LogP contribution < -0.4 is 5.32 Å². The highest BCUT2D eigenvalue weighted by Gasteiger charge is 2.28. The summed E-state index contributed by atoms with van der Waals surface area (Å²) in [5, 5.41) is 7.31. The number of likely N-dealkylation sites (tertiary alicyclic amines) is 1. The SMILES string of the molecule is Cl.Cl.O=C(CNCC1CC1)N1CCC(c2nc(-c3ccccn3)no2)CC1. The maximum Gasteiger partial charge on any atom is 0.236 e. The summed E-state index contributed by atoms with van der Waals surface area (Å²) in [5.41, 5.74) is 0.715. The summed E-state index contributed by atoms with van der Waals surface area (Å²) in [5.74, 6) is 2.38. The molecule has 1 aliphatic carbocycles. The molecular formula is C18H25Cl2N5O2. The minimum atomic E-state index is 0. The molecule has 1 amide bonds. The van der Waals surface area contributed by atoms with Crippen LogP contribution in [0.15, 0.2) is 28.9 Å². The summed E-state index contributed by atoms with van der Waals surface area (Å²) in [6.07, 6.45) is 6.04. The van der Waals surface area contributed by atoms with Crippen molar-refractivity contribution in [3.63, 3.8) is 0 Å². The second-order valence-electron chi connectivity index (χ2n) is 6.90. The van der Waals surface area contributed by atoms with E-state index in [1.54, 1.807) is 6.20 Å². The number of halogens is 2. The van der Waals surface area contributed by atoms with E-state index in [2.05, 4.69) is 20.4 Å². The molecule has 2 fully saturated rings. The maximum atomic E-state index is 12.2. The number of nitrogens with zero attached hydrogens (tertiary/aromatic N) is 4. The Labute approximate surface area is 171 Å². The van der Waals surface area contributed by atoms with Gasteiger partial charge in [-0.2, -0.15) is 4.98 Å². The normalized spacial score (nSPS) is 17.1. The zero-order valence-corrected chi connectivity index (χ0v) is 16.7. The topological polar surface area (TPSA) is 84.2 Å². The molecule has 0 spiro atoms. The number of carbonyl (C=O) groups is 1. The zero-order chi connectivity index (χ0) is 17.1. The van der Waals surface area contributed by atoms with Gasteiger partial charge in [-0.25, -0.2) is 0 Å². The number of hydrogen-bond donors (Lipinski definition) is 1. The van der Waals surface area contributed by atoms with Crippen LogP contribution >= 0.6 is 24.8 Å². The number of hydrogen-bond acceptors (Lipinski definition) is 6. The first-order chi connectivity index (χ1) is 12.3. The first-order valence-corrected chi connectivity index (χ1v) is 9.03. The fourth-order valence-corrected chi connectivity index (χ4v) is 3.19. The number of amides is 1. The summed E-state index contributed by atoms with van der Waals surface area (Å²) < 4.78 is 5.44. The number of pyridine rings is 1. The number of nitrogens with one attached hydrogen (secondary N) is 1. The molecule has 2 aromatic heterocycles. The van der Waals surface area contributed by atoms with E-state index in [1.165, 1.54) is 12.8 Å². The Morgan fingerprint density at radius 1 is 1.19 bits per heavy atom. The summed E-state index contributed by atoms with van der Waals surface area (Å²) in [7, 11) is 0. The lowest BCUT2D eigenvalue weighted by atomic mass is 9.96. The van der Waals surface area contributed by atoms with Gasteiger partial charge in [0.15, 0.2) is 0 Å². The average molecular weight is 414 g/mol. The second kappa shape index (κ2) is 10.0.